The summed E-state index contributed by atoms with van der Waals surface area (Å²) in [5.41, 5.74) is 0.466. The molecular formula is C18H19Cl2NO5S. The maximum absolute atomic E-state index is 13.1. The number of ether oxygens (including phenoxy) is 1. The number of carboxylic acids is 1. The molecule has 9 heteroatoms. The van der Waals surface area contributed by atoms with Gasteiger partial charge in [0.2, 0.25) is 10.0 Å². The Morgan fingerprint density at radius 1 is 1.11 bits per heavy atom. The fourth-order valence-electron chi connectivity index (χ4n) is 2.45. The van der Waals surface area contributed by atoms with Crippen molar-refractivity contribution in [3.8, 4) is 5.75 Å². The predicted octanol–water partition coefficient (Wildman–Crippen LogP) is 4.06. The molecule has 2 aromatic carbocycles. The topological polar surface area (TPSA) is 83.9 Å². The highest BCUT2D eigenvalue weighted by Gasteiger charge is 2.26. The van der Waals surface area contributed by atoms with Crippen molar-refractivity contribution >= 4 is 39.2 Å². The van der Waals surface area contributed by atoms with Crippen LogP contribution >= 0.6 is 23.2 Å². The maximum Gasteiger partial charge on any atom is 0.303 e. The van der Waals surface area contributed by atoms with Gasteiger partial charge in [-0.2, -0.15) is 4.31 Å². The molecule has 146 valence electrons. The molecule has 0 atom stereocenters. The number of hydrogen-bond acceptors (Lipinski definition) is 4. The van der Waals surface area contributed by atoms with Crippen molar-refractivity contribution in [1.29, 1.82) is 0 Å². The van der Waals surface area contributed by atoms with E-state index in [1.807, 2.05) is 0 Å². The van der Waals surface area contributed by atoms with E-state index in [0.29, 0.717) is 21.4 Å². The van der Waals surface area contributed by atoms with Gasteiger partial charge in [-0.3, -0.25) is 4.79 Å². The maximum atomic E-state index is 13.1. The number of carbonyl (C=O) groups is 1. The summed E-state index contributed by atoms with van der Waals surface area (Å²) in [4.78, 5) is 10.9. The lowest BCUT2D eigenvalue weighted by Crippen LogP contribution is -2.32. The van der Waals surface area contributed by atoms with Crippen LogP contribution in [0.5, 0.6) is 5.75 Å². The molecule has 0 saturated heterocycles. The molecule has 0 spiro atoms. The zero-order valence-corrected chi connectivity index (χ0v) is 16.9. The first kappa shape index (κ1) is 21.5. The van der Waals surface area contributed by atoms with Gasteiger partial charge in [0.15, 0.2) is 0 Å². The fraction of sp³-hybridized carbons (Fsp3) is 0.278. The van der Waals surface area contributed by atoms with Crippen LogP contribution in [0.15, 0.2) is 47.4 Å². The third kappa shape index (κ3) is 5.59. The van der Waals surface area contributed by atoms with Crippen molar-refractivity contribution in [3.05, 3.63) is 58.1 Å². The molecule has 0 bridgehead atoms. The summed E-state index contributed by atoms with van der Waals surface area (Å²) in [5.74, 6) is -0.465. The molecule has 1 N–H and O–H groups in total. The highest BCUT2D eigenvalue weighted by atomic mass is 35.5. The van der Waals surface area contributed by atoms with Crippen LogP contribution in [0.1, 0.15) is 18.4 Å². The molecule has 2 aromatic rings. The number of carboxylic acid groups (broad SMARTS) is 1. The smallest absolute Gasteiger partial charge is 0.303 e. The van der Waals surface area contributed by atoms with Gasteiger partial charge in [0.25, 0.3) is 0 Å². The second-order valence-corrected chi connectivity index (χ2v) is 8.46. The number of sulfonamides is 1. The van der Waals surface area contributed by atoms with Crippen molar-refractivity contribution in [3.63, 3.8) is 0 Å². The number of aliphatic carboxylic acids is 1. The van der Waals surface area contributed by atoms with E-state index in [-0.39, 0.29) is 30.8 Å². The summed E-state index contributed by atoms with van der Waals surface area (Å²) in [6, 6.07) is 10.9. The molecule has 27 heavy (non-hydrogen) atoms. The summed E-state index contributed by atoms with van der Waals surface area (Å²) >= 11 is 12.4. The molecule has 2 rings (SSSR count). The molecule has 0 aromatic heterocycles. The second kappa shape index (κ2) is 9.41. The first-order chi connectivity index (χ1) is 12.8. The van der Waals surface area contributed by atoms with Crippen LogP contribution in [0.2, 0.25) is 10.0 Å². The Bertz CT molecular complexity index is 880. The predicted molar refractivity (Wildman–Crippen MR) is 104 cm³/mol. The van der Waals surface area contributed by atoms with Gasteiger partial charge in [-0.05, 0) is 42.8 Å². The molecule has 0 amide bonds. The van der Waals surface area contributed by atoms with Crippen molar-refractivity contribution in [2.24, 2.45) is 0 Å². The summed E-state index contributed by atoms with van der Waals surface area (Å²) < 4.78 is 32.4. The van der Waals surface area contributed by atoms with E-state index in [9.17, 15) is 13.2 Å². The third-order valence-electron chi connectivity index (χ3n) is 3.89. The quantitative estimate of drug-likeness (QED) is 0.646. The third-order valence-corrected chi connectivity index (χ3v) is 6.46. The van der Waals surface area contributed by atoms with Gasteiger partial charge >= 0.3 is 5.97 Å². The molecule has 0 aliphatic rings. The zero-order valence-electron chi connectivity index (χ0n) is 14.6. The molecule has 0 fully saturated rings. The lowest BCUT2D eigenvalue weighted by molar-refractivity contribution is -0.137. The Morgan fingerprint density at radius 3 is 2.22 bits per heavy atom. The van der Waals surface area contributed by atoms with E-state index >= 15 is 0 Å². The summed E-state index contributed by atoms with van der Waals surface area (Å²) in [5, 5.41) is 9.54. The summed E-state index contributed by atoms with van der Waals surface area (Å²) in [6.07, 6.45) is 0.0116. The largest absolute Gasteiger partial charge is 0.497 e. The summed E-state index contributed by atoms with van der Waals surface area (Å²) in [6.45, 7) is -0.0469. The molecule has 0 unspecified atom stereocenters. The Labute approximate surface area is 168 Å². The first-order valence-electron chi connectivity index (χ1n) is 8.04. The van der Waals surface area contributed by atoms with Crippen LogP contribution in [-0.4, -0.2) is 37.5 Å². The standard InChI is InChI=1S/C18H19Cl2NO5S/c1-26-13-7-9-14(10-8-13)27(24,25)21(11-3-6-18(22)23)12-15-16(19)4-2-5-17(15)20/h2,4-5,7-10H,3,6,11-12H2,1H3,(H,22,23). The average molecular weight is 432 g/mol. The van der Waals surface area contributed by atoms with Crippen molar-refractivity contribution in [2.45, 2.75) is 24.3 Å². The van der Waals surface area contributed by atoms with Gasteiger partial charge in [-0.1, -0.05) is 29.3 Å². The van der Waals surface area contributed by atoms with Crippen molar-refractivity contribution in [1.82, 2.24) is 4.31 Å². The van der Waals surface area contributed by atoms with E-state index in [2.05, 4.69) is 0 Å². The Kier molecular flexibility index (Phi) is 7.49. The van der Waals surface area contributed by atoms with E-state index in [1.165, 1.54) is 23.5 Å². The highest BCUT2D eigenvalue weighted by Crippen LogP contribution is 2.28. The number of methoxy groups -OCH3 is 1. The minimum absolute atomic E-state index is 0.0161. The van der Waals surface area contributed by atoms with E-state index in [1.54, 1.807) is 30.3 Å². The SMILES string of the molecule is COc1ccc(S(=O)(=O)N(CCCC(=O)O)Cc2c(Cl)cccc2Cl)cc1. The number of halogens is 2. The lowest BCUT2D eigenvalue weighted by atomic mass is 10.2. The van der Waals surface area contributed by atoms with Gasteiger partial charge in [-0.25, -0.2) is 8.42 Å². The van der Waals surface area contributed by atoms with Crippen molar-refractivity contribution < 1.29 is 23.1 Å². The zero-order chi connectivity index (χ0) is 20.0. The number of benzene rings is 2. The van der Waals surface area contributed by atoms with Gasteiger partial charge in [0.05, 0.1) is 12.0 Å². The number of hydrogen-bond donors (Lipinski definition) is 1. The lowest BCUT2D eigenvalue weighted by Gasteiger charge is -2.23. The fourth-order valence-corrected chi connectivity index (χ4v) is 4.41. The monoisotopic (exact) mass is 431 g/mol. The van der Waals surface area contributed by atoms with Gasteiger partial charge in [0.1, 0.15) is 5.75 Å². The van der Waals surface area contributed by atoms with Gasteiger partial charge in [-0.15, -0.1) is 0 Å². The second-order valence-electron chi connectivity index (χ2n) is 5.71. The van der Waals surface area contributed by atoms with E-state index < -0.39 is 16.0 Å². The van der Waals surface area contributed by atoms with Gasteiger partial charge in [0, 0.05) is 35.1 Å². The minimum Gasteiger partial charge on any atom is -0.497 e. The Balaban J connectivity index is 2.36. The Hall–Kier alpha value is -1.80. The van der Waals surface area contributed by atoms with Crippen LogP contribution in [0.3, 0.4) is 0 Å². The molecule has 0 heterocycles. The number of rotatable bonds is 9. The first-order valence-corrected chi connectivity index (χ1v) is 10.2. The summed E-state index contributed by atoms with van der Waals surface area (Å²) in [7, 11) is -2.40. The van der Waals surface area contributed by atoms with Gasteiger partial charge < -0.3 is 9.84 Å². The molecule has 0 radical (unpaired) electrons. The molecule has 0 aliphatic heterocycles. The molecule has 0 saturated carbocycles. The minimum atomic E-state index is -3.89. The van der Waals surface area contributed by atoms with Crippen LogP contribution in [0.25, 0.3) is 0 Å². The van der Waals surface area contributed by atoms with E-state index in [4.69, 9.17) is 33.0 Å². The van der Waals surface area contributed by atoms with Crippen LogP contribution in [0, 0.1) is 0 Å². The van der Waals surface area contributed by atoms with Crippen LogP contribution < -0.4 is 4.74 Å². The van der Waals surface area contributed by atoms with E-state index in [0.717, 1.165) is 0 Å². The average Bonchev–Trinajstić information content (AvgIpc) is 2.63. The van der Waals surface area contributed by atoms with Crippen molar-refractivity contribution in [2.75, 3.05) is 13.7 Å². The van der Waals surface area contributed by atoms with Crippen LogP contribution in [-0.2, 0) is 21.4 Å². The highest BCUT2D eigenvalue weighted by molar-refractivity contribution is 7.89. The Morgan fingerprint density at radius 2 is 1.70 bits per heavy atom. The van der Waals surface area contributed by atoms with Crippen LogP contribution in [0.4, 0.5) is 0 Å². The molecule has 0 aliphatic carbocycles. The molecule has 6 nitrogen and oxygen atoms in total. The normalized spacial score (nSPS) is 11.6. The molecular weight excluding hydrogens is 413 g/mol. The number of nitrogens with zero attached hydrogens (tertiary/aromatic N) is 1.